The van der Waals surface area contributed by atoms with Crippen LogP contribution >= 0.6 is 0 Å². The van der Waals surface area contributed by atoms with E-state index < -0.39 is 18.3 Å². The number of alkyl halides is 3. The van der Waals surface area contributed by atoms with Crippen molar-refractivity contribution in [3.8, 4) is 0 Å². The molecule has 2 aromatic heterocycles. The van der Waals surface area contributed by atoms with Gasteiger partial charge in [-0.15, -0.1) is 5.10 Å². The zero-order valence-electron chi connectivity index (χ0n) is 12.9. The molecule has 0 aliphatic carbocycles. The van der Waals surface area contributed by atoms with E-state index in [-0.39, 0.29) is 11.5 Å². The second kappa shape index (κ2) is 6.76. The van der Waals surface area contributed by atoms with Crippen molar-refractivity contribution in [1.82, 2.24) is 20.0 Å². The topological polar surface area (TPSA) is 67.1 Å². The molecule has 0 aromatic carbocycles. The molecule has 0 amide bonds. The zero-order chi connectivity index (χ0) is 17.2. The number of piperidine rings is 1. The predicted molar refractivity (Wildman–Crippen MR) is 80.1 cm³/mol. The standard InChI is InChI=1S/C15H18F3N5O/c16-15(17,18)12-7-13(10-24)20-14(8-12)22-4-1-11(2-5-22)9-23-6-3-19-21-23/h3,6-8,11,24H,1-2,4-5,9-10H2. The summed E-state index contributed by atoms with van der Waals surface area (Å²) >= 11 is 0. The maximum Gasteiger partial charge on any atom is 0.416 e. The minimum Gasteiger partial charge on any atom is -0.390 e. The molecule has 0 atom stereocenters. The van der Waals surface area contributed by atoms with Crippen LogP contribution in [0, 0.1) is 5.92 Å². The third-order valence-electron chi connectivity index (χ3n) is 4.21. The number of rotatable bonds is 4. The third kappa shape index (κ3) is 3.84. The van der Waals surface area contributed by atoms with E-state index in [0.29, 0.717) is 19.0 Å². The van der Waals surface area contributed by atoms with Gasteiger partial charge in [0.25, 0.3) is 0 Å². The van der Waals surface area contributed by atoms with E-state index in [1.807, 2.05) is 4.90 Å². The molecule has 0 unspecified atom stereocenters. The first-order chi connectivity index (χ1) is 11.5. The van der Waals surface area contributed by atoms with Gasteiger partial charge < -0.3 is 10.0 Å². The van der Waals surface area contributed by atoms with E-state index in [2.05, 4.69) is 15.3 Å². The highest BCUT2D eigenvalue weighted by molar-refractivity contribution is 5.44. The van der Waals surface area contributed by atoms with Crippen molar-refractivity contribution < 1.29 is 18.3 Å². The molecule has 1 N–H and O–H groups in total. The highest BCUT2D eigenvalue weighted by Crippen LogP contribution is 2.33. The Labute approximate surface area is 136 Å². The molecule has 3 heterocycles. The molecular weight excluding hydrogens is 323 g/mol. The number of aliphatic hydroxyl groups excluding tert-OH is 1. The third-order valence-corrected chi connectivity index (χ3v) is 4.21. The van der Waals surface area contributed by atoms with Crippen LogP contribution in [0.1, 0.15) is 24.1 Å². The monoisotopic (exact) mass is 341 g/mol. The molecule has 6 nitrogen and oxygen atoms in total. The maximum atomic E-state index is 13.0. The van der Waals surface area contributed by atoms with Crippen LogP contribution in [-0.4, -0.2) is 38.2 Å². The number of nitrogens with zero attached hydrogens (tertiary/aromatic N) is 5. The molecule has 130 valence electrons. The Balaban J connectivity index is 1.69. The fraction of sp³-hybridized carbons (Fsp3) is 0.533. The average Bonchev–Trinajstić information content (AvgIpc) is 3.07. The van der Waals surface area contributed by atoms with Crippen LogP contribution in [0.5, 0.6) is 0 Å². The molecule has 0 radical (unpaired) electrons. The van der Waals surface area contributed by atoms with Crippen LogP contribution in [-0.2, 0) is 19.3 Å². The Morgan fingerprint density at radius 1 is 1.21 bits per heavy atom. The lowest BCUT2D eigenvalue weighted by molar-refractivity contribution is -0.137. The van der Waals surface area contributed by atoms with Gasteiger partial charge in [-0.1, -0.05) is 5.21 Å². The van der Waals surface area contributed by atoms with Gasteiger partial charge in [-0.25, -0.2) is 4.98 Å². The van der Waals surface area contributed by atoms with Crippen LogP contribution in [0.2, 0.25) is 0 Å². The van der Waals surface area contributed by atoms with E-state index in [4.69, 9.17) is 0 Å². The van der Waals surface area contributed by atoms with Gasteiger partial charge in [-0.05, 0) is 30.9 Å². The molecule has 9 heteroatoms. The van der Waals surface area contributed by atoms with Gasteiger partial charge in [0, 0.05) is 25.8 Å². The summed E-state index contributed by atoms with van der Waals surface area (Å²) in [5.41, 5.74) is -0.745. The largest absolute Gasteiger partial charge is 0.416 e. The zero-order valence-corrected chi connectivity index (χ0v) is 12.9. The summed E-state index contributed by atoms with van der Waals surface area (Å²) in [4.78, 5) is 5.98. The van der Waals surface area contributed by atoms with Crippen molar-refractivity contribution in [1.29, 1.82) is 0 Å². The first kappa shape index (κ1) is 16.7. The molecule has 1 saturated heterocycles. The number of pyridine rings is 1. The predicted octanol–water partition coefficient (Wildman–Crippen LogP) is 2.10. The lowest BCUT2D eigenvalue weighted by Gasteiger charge is -2.33. The summed E-state index contributed by atoms with van der Waals surface area (Å²) in [6.45, 7) is 1.49. The van der Waals surface area contributed by atoms with Crippen molar-refractivity contribution in [2.45, 2.75) is 32.2 Å². The minimum atomic E-state index is -4.45. The Hall–Kier alpha value is -2.16. The van der Waals surface area contributed by atoms with E-state index in [1.54, 1.807) is 17.1 Å². The Kier molecular flexibility index (Phi) is 4.70. The van der Waals surface area contributed by atoms with Crippen LogP contribution in [0.15, 0.2) is 24.5 Å². The highest BCUT2D eigenvalue weighted by Gasteiger charge is 2.32. The number of hydrogen-bond acceptors (Lipinski definition) is 5. The summed E-state index contributed by atoms with van der Waals surface area (Å²) < 4.78 is 40.7. The van der Waals surface area contributed by atoms with Gasteiger partial charge in [-0.2, -0.15) is 13.2 Å². The van der Waals surface area contributed by atoms with Gasteiger partial charge in [0.15, 0.2) is 0 Å². The fourth-order valence-corrected chi connectivity index (χ4v) is 2.92. The molecular formula is C15H18F3N5O. The summed E-state index contributed by atoms with van der Waals surface area (Å²) in [5, 5.41) is 16.9. The second-order valence-corrected chi connectivity index (χ2v) is 5.92. The summed E-state index contributed by atoms with van der Waals surface area (Å²) in [5.74, 6) is 0.680. The molecule has 0 bridgehead atoms. The van der Waals surface area contributed by atoms with Gasteiger partial charge >= 0.3 is 6.18 Å². The van der Waals surface area contributed by atoms with Gasteiger partial charge in [0.2, 0.25) is 0 Å². The Morgan fingerprint density at radius 3 is 2.54 bits per heavy atom. The number of anilines is 1. The average molecular weight is 341 g/mol. The lowest BCUT2D eigenvalue weighted by atomic mass is 9.97. The Bertz CT molecular complexity index is 666. The molecule has 24 heavy (non-hydrogen) atoms. The first-order valence-electron chi connectivity index (χ1n) is 7.74. The van der Waals surface area contributed by atoms with Crippen LogP contribution < -0.4 is 4.90 Å². The van der Waals surface area contributed by atoms with Crippen molar-refractivity contribution >= 4 is 5.82 Å². The highest BCUT2D eigenvalue weighted by atomic mass is 19.4. The van der Waals surface area contributed by atoms with Crippen LogP contribution in [0.4, 0.5) is 19.0 Å². The van der Waals surface area contributed by atoms with Crippen molar-refractivity contribution in [3.05, 3.63) is 35.8 Å². The quantitative estimate of drug-likeness (QED) is 0.922. The summed E-state index contributed by atoms with van der Waals surface area (Å²) in [7, 11) is 0. The SMILES string of the molecule is OCc1cc(C(F)(F)F)cc(N2CCC(Cn3ccnn3)CC2)n1. The Morgan fingerprint density at radius 2 is 1.96 bits per heavy atom. The van der Waals surface area contributed by atoms with Crippen molar-refractivity contribution in [2.75, 3.05) is 18.0 Å². The second-order valence-electron chi connectivity index (χ2n) is 5.92. The first-order valence-corrected chi connectivity index (χ1v) is 7.74. The maximum absolute atomic E-state index is 13.0. The van der Waals surface area contributed by atoms with Gasteiger partial charge in [0.05, 0.1) is 24.1 Å². The molecule has 1 aliphatic heterocycles. The summed E-state index contributed by atoms with van der Waals surface area (Å²) in [6, 6.07) is 1.94. The number of halogens is 3. The van der Waals surface area contributed by atoms with Crippen LogP contribution in [0.25, 0.3) is 0 Å². The van der Waals surface area contributed by atoms with Gasteiger partial charge in [-0.3, -0.25) is 4.68 Å². The molecule has 0 spiro atoms. The van der Waals surface area contributed by atoms with Crippen LogP contribution in [0.3, 0.4) is 0 Å². The molecule has 1 fully saturated rings. The van der Waals surface area contributed by atoms with E-state index in [1.165, 1.54) is 0 Å². The fourth-order valence-electron chi connectivity index (χ4n) is 2.92. The minimum absolute atomic E-state index is 0.0320. The molecule has 3 rings (SSSR count). The van der Waals surface area contributed by atoms with E-state index >= 15 is 0 Å². The molecule has 1 aliphatic rings. The molecule has 0 saturated carbocycles. The molecule has 2 aromatic rings. The normalized spacial score (nSPS) is 16.6. The summed E-state index contributed by atoms with van der Waals surface area (Å²) in [6.07, 6.45) is 0.651. The van der Waals surface area contributed by atoms with Crippen molar-refractivity contribution in [2.24, 2.45) is 5.92 Å². The smallest absolute Gasteiger partial charge is 0.390 e. The number of aromatic nitrogens is 4. The van der Waals surface area contributed by atoms with E-state index in [9.17, 15) is 18.3 Å². The number of aliphatic hydroxyl groups is 1. The van der Waals surface area contributed by atoms with E-state index in [0.717, 1.165) is 31.5 Å². The van der Waals surface area contributed by atoms with Gasteiger partial charge in [0.1, 0.15) is 5.82 Å². The van der Waals surface area contributed by atoms with Crippen molar-refractivity contribution in [3.63, 3.8) is 0 Å². The number of hydrogen-bond donors (Lipinski definition) is 1. The lowest BCUT2D eigenvalue weighted by Crippen LogP contribution is -2.36.